The third-order valence-electron chi connectivity index (χ3n) is 2.81. The van der Waals surface area contributed by atoms with E-state index in [4.69, 9.17) is 4.74 Å². The molecule has 16 heavy (non-hydrogen) atoms. The van der Waals surface area contributed by atoms with Gasteiger partial charge in [-0.2, -0.15) is 0 Å². The van der Waals surface area contributed by atoms with Gasteiger partial charge in [-0.25, -0.2) is 9.79 Å². The third-order valence-corrected chi connectivity index (χ3v) is 2.81. The second-order valence-corrected chi connectivity index (χ2v) is 4.01. The molecule has 0 saturated heterocycles. The van der Waals surface area contributed by atoms with Gasteiger partial charge in [0.1, 0.15) is 5.75 Å². The molecular formula is C13H17NO2. The third kappa shape index (κ3) is 2.71. The lowest BCUT2D eigenvalue weighted by Crippen LogP contribution is -2.02. The molecule has 86 valence electrons. The maximum Gasteiger partial charge on any atom is 0.234 e. The van der Waals surface area contributed by atoms with Crippen LogP contribution in [0.2, 0.25) is 0 Å². The van der Waals surface area contributed by atoms with Crippen LogP contribution in [0, 0.1) is 13.8 Å². The van der Waals surface area contributed by atoms with Gasteiger partial charge >= 0.3 is 0 Å². The highest BCUT2D eigenvalue weighted by atomic mass is 16.5. The van der Waals surface area contributed by atoms with Crippen molar-refractivity contribution in [1.29, 1.82) is 0 Å². The van der Waals surface area contributed by atoms with E-state index in [-0.39, 0.29) is 5.92 Å². The number of isocyanates is 1. The topological polar surface area (TPSA) is 38.7 Å². The van der Waals surface area contributed by atoms with E-state index < -0.39 is 0 Å². The number of aliphatic imine (C=N–C) groups is 1. The van der Waals surface area contributed by atoms with Gasteiger partial charge in [-0.05, 0) is 36.6 Å². The molecule has 1 unspecified atom stereocenters. The van der Waals surface area contributed by atoms with Crippen molar-refractivity contribution in [2.75, 3.05) is 13.7 Å². The van der Waals surface area contributed by atoms with Crippen molar-refractivity contribution >= 4 is 6.08 Å². The molecule has 3 nitrogen and oxygen atoms in total. The van der Waals surface area contributed by atoms with Crippen LogP contribution in [0.15, 0.2) is 17.1 Å². The molecule has 0 bridgehead atoms. The molecular weight excluding hydrogens is 202 g/mol. The normalized spacial score (nSPS) is 11.8. The Bertz CT molecular complexity index is 420. The van der Waals surface area contributed by atoms with Crippen LogP contribution >= 0.6 is 0 Å². The highest BCUT2D eigenvalue weighted by molar-refractivity contribution is 5.44. The summed E-state index contributed by atoms with van der Waals surface area (Å²) in [7, 11) is 1.66. The Hall–Kier alpha value is -1.60. The Morgan fingerprint density at radius 3 is 2.56 bits per heavy atom. The quantitative estimate of drug-likeness (QED) is 0.577. The molecule has 0 N–H and O–H groups in total. The van der Waals surface area contributed by atoms with Crippen LogP contribution in [-0.2, 0) is 4.79 Å². The number of benzene rings is 1. The van der Waals surface area contributed by atoms with Crippen LogP contribution in [0.5, 0.6) is 5.75 Å². The molecule has 0 fully saturated rings. The molecule has 0 aliphatic heterocycles. The molecule has 1 atom stereocenters. The second kappa shape index (κ2) is 5.47. The fourth-order valence-corrected chi connectivity index (χ4v) is 1.65. The zero-order chi connectivity index (χ0) is 12.1. The molecule has 3 heteroatoms. The summed E-state index contributed by atoms with van der Waals surface area (Å²) in [5.41, 5.74) is 3.51. The van der Waals surface area contributed by atoms with Gasteiger partial charge in [-0.3, -0.25) is 0 Å². The number of hydrogen-bond donors (Lipinski definition) is 0. The summed E-state index contributed by atoms with van der Waals surface area (Å²) >= 11 is 0. The van der Waals surface area contributed by atoms with Crippen molar-refractivity contribution < 1.29 is 9.53 Å². The first-order chi connectivity index (χ1) is 7.60. The van der Waals surface area contributed by atoms with Crippen molar-refractivity contribution in [2.24, 2.45) is 4.99 Å². The molecule has 0 aromatic heterocycles. The average Bonchev–Trinajstić information content (AvgIpc) is 2.28. The van der Waals surface area contributed by atoms with E-state index in [9.17, 15) is 4.79 Å². The highest BCUT2D eigenvalue weighted by Crippen LogP contribution is 2.29. The number of nitrogens with zero attached hydrogens (tertiary/aromatic N) is 1. The molecule has 1 aromatic rings. The van der Waals surface area contributed by atoms with Crippen LogP contribution in [-0.4, -0.2) is 19.7 Å². The largest absolute Gasteiger partial charge is 0.496 e. The van der Waals surface area contributed by atoms with Crippen molar-refractivity contribution in [2.45, 2.75) is 26.7 Å². The van der Waals surface area contributed by atoms with Crippen molar-refractivity contribution in [3.63, 3.8) is 0 Å². The minimum absolute atomic E-state index is 0.163. The Kier molecular flexibility index (Phi) is 4.27. The number of ether oxygens (including phenoxy) is 1. The van der Waals surface area contributed by atoms with Crippen LogP contribution in [0.1, 0.15) is 29.5 Å². The monoisotopic (exact) mass is 219 g/mol. The van der Waals surface area contributed by atoms with Gasteiger partial charge < -0.3 is 4.74 Å². The Morgan fingerprint density at radius 2 is 2.00 bits per heavy atom. The second-order valence-electron chi connectivity index (χ2n) is 4.01. The van der Waals surface area contributed by atoms with Crippen LogP contribution in [0.3, 0.4) is 0 Å². The molecule has 0 heterocycles. The van der Waals surface area contributed by atoms with E-state index >= 15 is 0 Å². The zero-order valence-corrected chi connectivity index (χ0v) is 10.2. The van der Waals surface area contributed by atoms with Gasteiger partial charge in [0.15, 0.2) is 0 Å². The molecule has 1 aromatic carbocycles. The number of aryl methyl sites for hydroxylation is 2. The lowest BCUT2D eigenvalue weighted by Gasteiger charge is -2.15. The fraction of sp³-hybridized carbons (Fsp3) is 0.462. The van der Waals surface area contributed by atoms with Gasteiger partial charge in [0.05, 0.1) is 13.7 Å². The van der Waals surface area contributed by atoms with Gasteiger partial charge in [0, 0.05) is 5.92 Å². The Morgan fingerprint density at radius 1 is 1.38 bits per heavy atom. The van der Waals surface area contributed by atoms with Crippen LogP contribution in [0.4, 0.5) is 0 Å². The number of carbonyl (C=O) groups excluding carboxylic acids is 1. The first-order valence-electron chi connectivity index (χ1n) is 5.29. The number of hydrogen-bond acceptors (Lipinski definition) is 3. The molecule has 0 aliphatic carbocycles. The summed E-state index contributed by atoms with van der Waals surface area (Å²) in [5.74, 6) is 1.02. The van der Waals surface area contributed by atoms with E-state index in [0.29, 0.717) is 6.54 Å². The average molecular weight is 219 g/mol. The molecule has 0 amide bonds. The molecule has 0 saturated carbocycles. The van der Waals surface area contributed by atoms with E-state index in [0.717, 1.165) is 11.3 Å². The predicted molar refractivity (Wildman–Crippen MR) is 63.9 cm³/mol. The molecule has 0 aliphatic rings. The van der Waals surface area contributed by atoms with Gasteiger partial charge in [-0.15, -0.1) is 0 Å². The molecule has 1 rings (SSSR count). The predicted octanol–water partition coefficient (Wildman–Crippen LogP) is 2.75. The summed E-state index contributed by atoms with van der Waals surface area (Å²) < 4.78 is 5.34. The SMILES string of the molecule is COc1cc(C)c(C)cc1C(C)CN=C=O. The lowest BCUT2D eigenvalue weighted by atomic mass is 9.96. The maximum atomic E-state index is 10.1. The van der Waals surface area contributed by atoms with Gasteiger partial charge in [0.2, 0.25) is 6.08 Å². The number of rotatable bonds is 4. The van der Waals surface area contributed by atoms with E-state index in [1.807, 2.05) is 13.0 Å². The number of methoxy groups -OCH3 is 1. The van der Waals surface area contributed by atoms with E-state index in [1.54, 1.807) is 13.2 Å². The van der Waals surface area contributed by atoms with Crippen molar-refractivity contribution in [3.8, 4) is 5.75 Å². The van der Waals surface area contributed by atoms with E-state index in [2.05, 4.69) is 24.9 Å². The summed E-state index contributed by atoms with van der Waals surface area (Å²) in [6.07, 6.45) is 1.57. The fourth-order valence-electron chi connectivity index (χ4n) is 1.65. The minimum atomic E-state index is 0.163. The Balaban J connectivity index is 3.10. The van der Waals surface area contributed by atoms with Gasteiger partial charge in [0.25, 0.3) is 0 Å². The van der Waals surface area contributed by atoms with E-state index in [1.165, 1.54) is 11.1 Å². The summed E-state index contributed by atoms with van der Waals surface area (Å²) in [6, 6.07) is 4.12. The first-order valence-corrected chi connectivity index (χ1v) is 5.29. The standard InChI is InChI=1S/C13H17NO2/c1-9-5-12(11(3)7-14-8-15)13(16-4)6-10(9)2/h5-6,11H,7H2,1-4H3. The van der Waals surface area contributed by atoms with Gasteiger partial charge in [-0.1, -0.05) is 13.0 Å². The maximum absolute atomic E-state index is 10.1. The molecule has 0 radical (unpaired) electrons. The van der Waals surface area contributed by atoms with Crippen LogP contribution in [0.25, 0.3) is 0 Å². The minimum Gasteiger partial charge on any atom is -0.496 e. The van der Waals surface area contributed by atoms with Crippen molar-refractivity contribution in [1.82, 2.24) is 0 Å². The van der Waals surface area contributed by atoms with Crippen LogP contribution < -0.4 is 4.74 Å². The van der Waals surface area contributed by atoms with Crippen molar-refractivity contribution in [3.05, 3.63) is 28.8 Å². The zero-order valence-electron chi connectivity index (χ0n) is 10.2. The smallest absolute Gasteiger partial charge is 0.234 e. The lowest BCUT2D eigenvalue weighted by molar-refractivity contribution is 0.406. The summed E-state index contributed by atoms with van der Waals surface area (Å²) in [4.78, 5) is 13.7. The summed E-state index contributed by atoms with van der Waals surface area (Å²) in [6.45, 7) is 6.58. The summed E-state index contributed by atoms with van der Waals surface area (Å²) in [5, 5.41) is 0. The highest BCUT2D eigenvalue weighted by Gasteiger charge is 2.12. The Labute approximate surface area is 96.2 Å². The molecule has 0 spiro atoms. The first kappa shape index (κ1) is 12.5.